The molecule has 0 radical (unpaired) electrons. The molecule has 6 nitrogen and oxygen atoms in total. The molecular formula is C10H15BO6. The van der Waals surface area contributed by atoms with E-state index < -0.39 is 7.12 Å². The fraction of sp³-hybridized carbons (Fsp3) is 0.400. The Balaban J connectivity index is 2.95. The fourth-order valence-corrected chi connectivity index (χ4v) is 1.27. The van der Waals surface area contributed by atoms with Crippen LogP contribution in [-0.2, 0) is 9.47 Å². The lowest BCUT2D eigenvalue weighted by Crippen LogP contribution is -2.33. The molecule has 0 amide bonds. The molecule has 0 aromatic heterocycles. The largest absolute Gasteiger partial charge is 0.496 e. The minimum atomic E-state index is -1.70. The average molecular weight is 242 g/mol. The van der Waals surface area contributed by atoms with E-state index in [4.69, 9.17) is 18.9 Å². The molecule has 0 saturated carbocycles. The zero-order valence-corrected chi connectivity index (χ0v) is 9.75. The molecule has 2 N–H and O–H groups in total. The Labute approximate surface area is 99.8 Å². The van der Waals surface area contributed by atoms with E-state index in [1.807, 2.05) is 0 Å². The molecule has 17 heavy (non-hydrogen) atoms. The van der Waals surface area contributed by atoms with E-state index in [9.17, 15) is 10.0 Å². The Bertz CT molecular complexity index is 317. The third-order valence-corrected chi connectivity index (χ3v) is 1.95. The molecule has 1 aromatic carbocycles. The number of ether oxygens (including phenoxy) is 4. The maximum atomic E-state index is 9.30. The van der Waals surface area contributed by atoms with Crippen molar-refractivity contribution in [3.05, 3.63) is 18.2 Å². The minimum Gasteiger partial charge on any atom is -0.468 e. The van der Waals surface area contributed by atoms with Gasteiger partial charge in [0.1, 0.15) is 11.5 Å². The summed E-state index contributed by atoms with van der Waals surface area (Å²) < 4.78 is 19.9. The van der Waals surface area contributed by atoms with E-state index in [0.717, 1.165) is 0 Å². The maximum absolute atomic E-state index is 9.30. The normalized spacial score (nSPS) is 10.1. The number of rotatable bonds is 7. The van der Waals surface area contributed by atoms with E-state index in [2.05, 4.69) is 0 Å². The summed E-state index contributed by atoms with van der Waals surface area (Å²) in [5, 5.41) is 18.6. The van der Waals surface area contributed by atoms with E-state index in [-0.39, 0.29) is 30.5 Å². The number of hydrogen-bond acceptors (Lipinski definition) is 6. The van der Waals surface area contributed by atoms with Crippen molar-refractivity contribution in [3.63, 3.8) is 0 Å². The molecule has 1 aromatic rings. The van der Waals surface area contributed by atoms with Gasteiger partial charge in [-0.25, -0.2) is 0 Å². The summed E-state index contributed by atoms with van der Waals surface area (Å²) in [5.41, 5.74) is 0.140. The first-order valence-electron chi connectivity index (χ1n) is 4.93. The Morgan fingerprint density at radius 1 is 1.00 bits per heavy atom. The van der Waals surface area contributed by atoms with E-state index in [1.165, 1.54) is 14.2 Å². The van der Waals surface area contributed by atoms with Crippen LogP contribution in [-0.4, -0.2) is 45.0 Å². The molecule has 94 valence electrons. The molecule has 0 saturated heterocycles. The van der Waals surface area contributed by atoms with Crippen molar-refractivity contribution in [2.45, 2.75) is 0 Å². The standard InChI is InChI=1S/C10H15BO6/c1-14-6-16-8-4-3-5-9(17-7-15-2)10(8)11(12)13/h3-5,12-13H,6-7H2,1-2H3. The first-order chi connectivity index (χ1) is 8.20. The second-order valence-electron chi connectivity index (χ2n) is 3.14. The van der Waals surface area contributed by atoms with Crippen LogP contribution >= 0.6 is 0 Å². The lowest BCUT2D eigenvalue weighted by Gasteiger charge is -2.14. The predicted octanol–water partition coefficient (Wildman–Crippen LogP) is -0.668. The average Bonchev–Trinajstić information content (AvgIpc) is 2.33. The number of benzene rings is 1. The fourth-order valence-electron chi connectivity index (χ4n) is 1.27. The topological polar surface area (TPSA) is 77.4 Å². The van der Waals surface area contributed by atoms with Crippen molar-refractivity contribution in [1.29, 1.82) is 0 Å². The van der Waals surface area contributed by atoms with Crippen molar-refractivity contribution in [2.75, 3.05) is 27.8 Å². The highest BCUT2D eigenvalue weighted by atomic mass is 16.7. The van der Waals surface area contributed by atoms with Gasteiger partial charge in [-0.1, -0.05) is 6.07 Å². The molecule has 0 atom stereocenters. The SMILES string of the molecule is COCOc1cccc(OCOC)c1B(O)O. The third kappa shape index (κ3) is 3.90. The minimum absolute atomic E-state index is 0.00739. The lowest BCUT2D eigenvalue weighted by atomic mass is 9.78. The molecule has 0 unspecified atom stereocenters. The summed E-state index contributed by atoms with van der Waals surface area (Å²) in [7, 11) is 1.25. The van der Waals surface area contributed by atoms with Crippen molar-refractivity contribution >= 4 is 12.6 Å². The summed E-state index contributed by atoms with van der Waals surface area (Å²) in [6.45, 7) is 0.0148. The summed E-state index contributed by atoms with van der Waals surface area (Å²) in [6.07, 6.45) is 0. The summed E-state index contributed by atoms with van der Waals surface area (Å²) in [6, 6.07) is 4.85. The van der Waals surface area contributed by atoms with Gasteiger partial charge in [0.25, 0.3) is 0 Å². The highest BCUT2D eigenvalue weighted by Gasteiger charge is 2.22. The van der Waals surface area contributed by atoms with Gasteiger partial charge in [-0.2, -0.15) is 0 Å². The smallest absolute Gasteiger partial charge is 0.468 e. The van der Waals surface area contributed by atoms with Crippen molar-refractivity contribution in [3.8, 4) is 11.5 Å². The molecule has 0 aliphatic rings. The molecule has 0 aliphatic carbocycles. The highest BCUT2D eigenvalue weighted by molar-refractivity contribution is 6.60. The van der Waals surface area contributed by atoms with Crippen LogP contribution in [0.5, 0.6) is 11.5 Å². The highest BCUT2D eigenvalue weighted by Crippen LogP contribution is 2.17. The van der Waals surface area contributed by atoms with E-state index >= 15 is 0 Å². The van der Waals surface area contributed by atoms with Crippen LogP contribution in [0.15, 0.2) is 18.2 Å². The van der Waals surface area contributed by atoms with Crippen molar-refractivity contribution < 1.29 is 29.0 Å². The van der Waals surface area contributed by atoms with Gasteiger partial charge in [-0.3, -0.25) is 0 Å². The Morgan fingerprint density at radius 3 is 1.82 bits per heavy atom. The van der Waals surface area contributed by atoms with Gasteiger partial charge < -0.3 is 29.0 Å². The molecule has 0 bridgehead atoms. The molecule has 0 aliphatic heterocycles. The van der Waals surface area contributed by atoms with Gasteiger partial charge in [-0.05, 0) is 12.1 Å². The first kappa shape index (κ1) is 13.8. The lowest BCUT2D eigenvalue weighted by molar-refractivity contribution is 0.0472. The quantitative estimate of drug-likeness (QED) is 0.487. The predicted molar refractivity (Wildman–Crippen MR) is 61.3 cm³/mol. The molecule has 7 heteroatoms. The van der Waals surface area contributed by atoms with Crippen LogP contribution in [0, 0.1) is 0 Å². The van der Waals surface area contributed by atoms with Crippen LogP contribution in [0.3, 0.4) is 0 Å². The molecule has 0 spiro atoms. The number of hydrogen-bond donors (Lipinski definition) is 2. The van der Waals surface area contributed by atoms with Crippen LogP contribution in [0.4, 0.5) is 0 Å². The van der Waals surface area contributed by atoms with E-state index in [0.29, 0.717) is 0 Å². The second kappa shape index (κ2) is 7.13. The van der Waals surface area contributed by atoms with Gasteiger partial charge >= 0.3 is 7.12 Å². The van der Waals surface area contributed by atoms with Crippen LogP contribution in [0.2, 0.25) is 0 Å². The monoisotopic (exact) mass is 242 g/mol. The van der Waals surface area contributed by atoms with Crippen LogP contribution in [0.1, 0.15) is 0 Å². The number of methoxy groups -OCH3 is 2. The third-order valence-electron chi connectivity index (χ3n) is 1.95. The van der Waals surface area contributed by atoms with Crippen molar-refractivity contribution in [1.82, 2.24) is 0 Å². The molecule has 1 rings (SSSR count). The summed E-state index contributed by atoms with van der Waals surface area (Å²) >= 11 is 0. The summed E-state index contributed by atoms with van der Waals surface area (Å²) in [5.74, 6) is 0.575. The van der Waals surface area contributed by atoms with Gasteiger partial charge in [0.15, 0.2) is 13.6 Å². The Hall–Kier alpha value is -1.28. The summed E-state index contributed by atoms with van der Waals surface area (Å²) in [4.78, 5) is 0. The van der Waals surface area contributed by atoms with Gasteiger partial charge in [0.05, 0.1) is 5.46 Å². The molecule has 0 fully saturated rings. The Kier molecular flexibility index (Phi) is 5.78. The van der Waals surface area contributed by atoms with Gasteiger partial charge in [0.2, 0.25) is 0 Å². The first-order valence-corrected chi connectivity index (χ1v) is 4.93. The van der Waals surface area contributed by atoms with Crippen LogP contribution < -0.4 is 14.9 Å². The maximum Gasteiger partial charge on any atom is 0.496 e. The van der Waals surface area contributed by atoms with Crippen LogP contribution in [0.25, 0.3) is 0 Å². The van der Waals surface area contributed by atoms with Crippen molar-refractivity contribution in [2.24, 2.45) is 0 Å². The second-order valence-corrected chi connectivity index (χ2v) is 3.14. The zero-order valence-electron chi connectivity index (χ0n) is 9.75. The van der Waals surface area contributed by atoms with Gasteiger partial charge in [0, 0.05) is 14.2 Å². The zero-order chi connectivity index (χ0) is 12.7. The van der Waals surface area contributed by atoms with Gasteiger partial charge in [-0.15, -0.1) is 0 Å². The van der Waals surface area contributed by atoms with E-state index in [1.54, 1.807) is 18.2 Å². The molecular weight excluding hydrogens is 227 g/mol. The Morgan fingerprint density at radius 2 is 1.47 bits per heavy atom. The molecule has 0 heterocycles.